The summed E-state index contributed by atoms with van der Waals surface area (Å²) in [6.07, 6.45) is 0. The number of sulfonamides is 1. The van der Waals surface area contributed by atoms with Gasteiger partial charge in [0.05, 0.1) is 16.7 Å². The van der Waals surface area contributed by atoms with Crippen molar-refractivity contribution in [2.45, 2.75) is 20.6 Å². The molecule has 0 aromatic heterocycles. The zero-order valence-electron chi connectivity index (χ0n) is 15.3. The second-order valence-electron chi connectivity index (χ2n) is 6.86. The predicted molar refractivity (Wildman–Crippen MR) is 110 cm³/mol. The van der Waals surface area contributed by atoms with Crippen LogP contribution in [0.25, 0.3) is 0 Å². The fraction of sp³-hybridized carbons (Fsp3) is 0.294. The molecule has 0 spiro atoms. The Morgan fingerprint density at radius 1 is 1.00 bits per heavy atom. The van der Waals surface area contributed by atoms with E-state index in [-0.39, 0.29) is 10.0 Å². The van der Waals surface area contributed by atoms with Gasteiger partial charge < -0.3 is 10.2 Å². The fourth-order valence-corrected chi connectivity index (χ4v) is 7.76. The second-order valence-corrected chi connectivity index (χ2v) is 12.1. The summed E-state index contributed by atoms with van der Waals surface area (Å²) in [6.45, 7) is -2.87. The lowest BCUT2D eigenvalue weighted by molar-refractivity contribution is 0.00157. The van der Waals surface area contributed by atoms with Crippen LogP contribution in [0.15, 0.2) is 40.1 Å². The highest BCUT2D eigenvalue weighted by molar-refractivity contribution is 7.92. The number of aliphatic hydroxyl groups is 2. The summed E-state index contributed by atoms with van der Waals surface area (Å²) >= 11 is 17.2. The van der Waals surface area contributed by atoms with Gasteiger partial charge in [0.2, 0.25) is 10.0 Å². The molecule has 1 aliphatic rings. The predicted octanol–water partition coefficient (Wildman–Crippen LogP) is 2.50. The number of benzene rings is 2. The zero-order valence-corrected chi connectivity index (χ0v) is 19.2. The Kier molecular flexibility index (Phi) is 6.65. The Bertz CT molecular complexity index is 1260. The number of hydrogen-bond acceptors (Lipinski definition) is 6. The lowest BCUT2D eigenvalue weighted by Crippen LogP contribution is -2.49. The number of nitrogens with zero attached hydrogens (tertiary/aromatic N) is 1. The van der Waals surface area contributed by atoms with Crippen LogP contribution >= 0.6 is 34.8 Å². The molecule has 170 valence electrons. The monoisotopic (exact) mass is 535 g/mol. The van der Waals surface area contributed by atoms with E-state index >= 15 is 0 Å². The zero-order chi connectivity index (χ0) is 23.4. The highest BCUT2D eigenvalue weighted by Crippen LogP contribution is 2.37. The molecule has 7 nitrogen and oxygen atoms in total. The second kappa shape index (κ2) is 8.38. The number of rotatable bonds is 5. The third-order valence-electron chi connectivity index (χ3n) is 4.86. The standard InChI is InChI=1S/C17H14Cl3F2NO6S2/c18-9-1-2-14(11(20)3-9)31(28,29)23-6-16(17(25,7-23)8-24)30(26,27)15-5-12(21)10(19)4-13(15)22/h1-5,16,24-25H,6-8H2/t16?,17-/m0/s1. The Labute approximate surface area is 191 Å². The van der Waals surface area contributed by atoms with Gasteiger partial charge in [-0.1, -0.05) is 34.8 Å². The molecule has 1 fully saturated rings. The number of sulfone groups is 1. The van der Waals surface area contributed by atoms with Crippen LogP contribution in [0.1, 0.15) is 0 Å². The van der Waals surface area contributed by atoms with E-state index in [1.54, 1.807) is 0 Å². The minimum absolute atomic E-state index is 0.151. The van der Waals surface area contributed by atoms with Gasteiger partial charge >= 0.3 is 0 Å². The molecule has 2 aromatic rings. The van der Waals surface area contributed by atoms with Crippen molar-refractivity contribution >= 4 is 54.7 Å². The molecule has 0 radical (unpaired) electrons. The van der Waals surface area contributed by atoms with Crippen molar-refractivity contribution in [1.82, 2.24) is 4.31 Å². The van der Waals surface area contributed by atoms with Crippen molar-refractivity contribution in [2.24, 2.45) is 0 Å². The van der Waals surface area contributed by atoms with Crippen LogP contribution in [0.3, 0.4) is 0 Å². The largest absolute Gasteiger partial charge is 0.393 e. The van der Waals surface area contributed by atoms with Crippen LogP contribution in [-0.4, -0.2) is 61.9 Å². The fourth-order valence-electron chi connectivity index (χ4n) is 3.25. The Balaban J connectivity index is 2.08. The first-order chi connectivity index (χ1) is 14.2. The van der Waals surface area contributed by atoms with E-state index in [4.69, 9.17) is 34.8 Å². The summed E-state index contributed by atoms with van der Waals surface area (Å²) in [7, 11) is -9.31. The minimum Gasteiger partial charge on any atom is -0.393 e. The van der Waals surface area contributed by atoms with Crippen molar-refractivity contribution in [1.29, 1.82) is 0 Å². The molecule has 1 aliphatic heterocycles. The lowest BCUT2D eigenvalue weighted by atomic mass is 10.1. The number of halogens is 5. The van der Waals surface area contributed by atoms with Gasteiger partial charge in [-0.3, -0.25) is 0 Å². The quantitative estimate of drug-likeness (QED) is 0.568. The maximum atomic E-state index is 14.3. The SMILES string of the molecule is O=S(=O)(c1cc(F)c(Cl)cc1F)C1CN(S(=O)(=O)c2ccc(Cl)cc2Cl)C[C@]1(O)CO. The summed E-state index contributed by atoms with van der Waals surface area (Å²) in [4.78, 5) is -1.55. The number of aliphatic hydroxyl groups excluding tert-OH is 1. The van der Waals surface area contributed by atoms with Crippen molar-refractivity contribution < 1.29 is 35.8 Å². The summed E-state index contributed by atoms with van der Waals surface area (Å²) in [5.74, 6) is -2.63. The Morgan fingerprint density at radius 3 is 2.23 bits per heavy atom. The van der Waals surface area contributed by atoms with Gasteiger partial charge in [0, 0.05) is 18.1 Å². The maximum absolute atomic E-state index is 14.3. The van der Waals surface area contributed by atoms with Crippen molar-refractivity contribution in [3.05, 3.63) is 57.0 Å². The van der Waals surface area contributed by atoms with E-state index in [0.29, 0.717) is 16.4 Å². The molecule has 0 aliphatic carbocycles. The summed E-state index contributed by atoms with van der Waals surface area (Å²) in [5.41, 5.74) is -2.51. The third-order valence-corrected chi connectivity index (χ3v) is 9.94. The molecular weight excluding hydrogens is 523 g/mol. The minimum atomic E-state index is -4.86. The van der Waals surface area contributed by atoms with Crippen molar-refractivity contribution in [3.8, 4) is 0 Å². The highest BCUT2D eigenvalue weighted by atomic mass is 35.5. The van der Waals surface area contributed by atoms with Gasteiger partial charge in [0.25, 0.3) is 0 Å². The van der Waals surface area contributed by atoms with E-state index in [1.165, 1.54) is 6.07 Å². The molecule has 14 heteroatoms. The van der Waals surface area contributed by atoms with E-state index in [2.05, 4.69) is 0 Å². The molecule has 1 saturated heterocycles. The van der Waals surface area contributed by atoms with Gasteiger partial charge in [-0.15, -0.1) is 0 Å². The van der Waals surface area contributed by atoms with Crippen LogP contribution in [-0.2, 0) is 19.9 Å². The highest BCUT2D eigenvalue weighted by Gasteiger charge is 2.55. The summed E-state index contributed by atoms with van der Waals surface area (Å²) in [6, 6.07) is 4.27. The molecule has 2 atom stereocenters. The molecule has 3 rings (SSSR count). The summed E-state index contributed by atoms with van der Waals surface area (Å²) < 4.78 is 80.7. The number of β-amino-alcohol motifs (C(OH)–C–C–N with tert-alkyl or cyclic N) is 1. The molecule has 31 heavy (non-hydrogen) atoms. The normalized spacial score (nSPS) is 22.7. The molecule has 0 amide bonds. The van der Waals surface area contributed by atoms with Crippen LogP contribution in [0.2, 0.25) is 15.1 Å². The molecule has 2 N–H and O–H groups in total. The molecule has 1 heterocycles. The maximum Gasteiger partial charge on any atom is 0.244 e. The van der Waals surface area contributed by atoms with E-state index in [0.717, 1.165) is 12.1 Å². The van der Waals surface area contributed by atoms with Gasteiger partial charge in [0.15, 0.2) is 9.84 Å². The molecular formula is C17H14Cl3F2NO6S2. The summed E-state index contributed by atoms with van der Waals surface area (Å²) in [5, 5.41) is 17.6. The molecule has 1 unspecified atom stereocenters. The first-order valence-corrected chi connectivity index (χ1v) is 12.5. The van der Waals surface area contributed by atoms with Gasteiger partial charge in [-0.2, -0.15) is 4.31 Å². The topological polar surface area (TPSA) is 112 Å². The van der Waals surface area contributed by atoms with Crippen LogP contribution < -0.4 is 0 Å². The smallest absolute Gasteiger partial charge is 0.244 e. The molecule has 0 saturated carbocycles. The average molecular weight is 537 g/mol. The third kappa shape index (κ3) is 4.30. The van der Waals surface area contributed by atoms with Gasteiger partial charge in [-0.25, -0.2) is 25.6 Å². The lowest BCUT2D eigenvalue weighted by Gasteiger charge is -2.26. The van der Waals surface area contributed by atoms with E-state index in [1.807, 2.05) is 0 Å². The van der Waals surface area contributed by atoms with Crippen molar-refractivity contribution in [2.75, 3.05) is 19.7 Å². The molecule has 0 bridgehead atoms. The molecule has 2 aromatic carbocycles. The van der Waals surface area contributed by atoms with E-state index < -0.39 is 76.9 Å². The van der Waals surface area contributed by atoms with Crippen LogP contribution in [0.5, 0.6) is 0 Å². The average Bonchev–Trinajstić information content (AvgIpc) is 3.04. The van der Waals surface area contributed by atoms with Crippen LogP contribution in [0.4, 0.5) is 8.78 Å². The first-order valence-electron chi connectivity index (χ1n) is 8.41. The first kappa shape index (κ1) is 24.6. The van der Waals surface area contributed by atoms with Gasteiger partial charge in [-0.05, 0) is 30.3 Å². The number of hydrogen-bond donors (Lipinski definition) is 2. The Morgan fingerprint density at radius 2 is 1.65 bits per heavy atom. The Hall–Kier alpha value is -1.05. The van der Waals surface area contributed by atoms with E-state index in [9.17, 15) is 35.8 Å². The van der Waals surface area contributed by atoms with Crippen molar-refractivity contribution in [3.63, 3.8) is 0 Å². The van der Waals surface area contributed by atoms with Gasteiger partial charge in [0.1, 0.15) is 32.3 Å². The van der Waals surface area contributed by atoms with Crippen LogP contribution in [0, 0.1) is 11.6 Å².